The van der Waals surface area contributed by atoms with E-state index in [0.29, 0.717) is 25.8 Å². The molecule has 1 N–H and O–H groups in total. The summed E-state index contributed by atoms with van der Waals surface area (Å²) >= 11 is 0. The van der Waals surface area contributed by atoms with Crippen LogP contribution in [0.2, 0.25) is 0 Å². The van der Waals surface area contributed by atoms with Crippen molar-refractivity contribution in [2.45, 2.75) is 25.7 Å². The molecule has 2 aliphatic heterocycles. The maximum Gasteiger partial charge on any atom is 0.321 e. The fraction of sp³-hybridized carbons (Fsp3) is 0.667. The summed E-state index contributed by atoms with van der Waals surface area (Å²) < 4.78 is 4.59. The van der Waals surface area contributed by atoms with Crippen molar-refractivity contribution in [3.05, 3.63) is 0 Å². The molecule has 0 aliphatic carbocycles. The quantitative estimate of drug-likeness (QED) is 0.429. The predicted octanol–water partition coefficient (Wildman–Crippen LogP) is -0.254. The van der Waals surface area contributed by atoms with Crippen molar-refractivity contribution in [3.8, 4) is 0 Å². The zero-order chi connectivity index (χ0) is 10.2. The Morgan fingerprint density at radius 3 is 2.43 bits per heavy atom. The minimum absolute atomic E-state index is 0.0414. The molecule has 1 spiro atoms. The number of carbonyl (C=O) groups is 3. The van der Waals surface area contributed by atoms with Gasteiger partial charge in [-0.15, -0.1) is 0 Å². The van der Waals surface area contributed by atoms with Crippen molar-refractivity contribution in [2.75, 3.05) is 6.54 Å². The minimum atomic E-state index is -0.637. The number of rotatable bonds is 0. The highest BCUT2D eigenvalue weighted by molar-refractivity contribution is 5.93. The van der Waals surface area contributed by atoms with Gasteiger partial charge in [0, 0.05) is 19.4 Å². The highest BCUT2D eigenvalue weighted by Gasteiger charge is 2.46. The van der Waals surface area contributed by atoms with Crippen molar-refractivity contribution in [1.82, 2.24) is 5.32 Å². The summed E-state index contributed by atoms with van der Waals surface area (Å²) in [5.41, 5.74) is -0.637. The first-order valence-corrected chi connectivity index (χ1v) is 4.64. The Morgan fingerprint density at radius 2 is 1.86 bits per heavy atom. The number of carbonyl (C=O) groups excluding carboxylic acids is 3. The van der Waals surface area contributed by atoms with Gasteiger partial charge in [-0.2, -0.15) is 0 Å². The molecule has 5 heteroatoms. The molecule has 2 aliphatic rings. The van der Waals surface area contributed by atoms with E-state index in [-0.39, 0.29) is 12.3 Å². The second-order valence-corrected chi connectivity index (χ2v) is 3.82. The number of esters is 2. The van der Waals surface area contributed by atoms with Crippen LogP contribution in [0.5, 0.6) is 0 Å². The second kappa shape index (κ2) is 3.08. The van der Waals surface area contributed by atoms with Crippen LogP contribution in [0, 0.1) is 5.41 Å². The predicted molar refractivity (Wildman–Crippen MR) is 45.0 cm³/mol. The van der Waals surface area contributed by atoms with E-state index in [2.05, 4.69) is 10.1 Å². The van der Waals surface area contributed by atoms with Gasteiger partial charge >= 0.3 is 11.9 Å². The van der Waals surface area contributed by atoms with Gasteiger partial charge in [0.1, 0.15) is 0 Å². The van der Waals surface area contributed by atoms with E-state index in [1.165, 1.54) is 0 Å². The summed E-state index contributed by atoms with van der Waals surface area (Å²) in [5, 5.41) is 2.64. The summed E-state index contributed by atoms with van der Waals surface area (Å²) in [6.45, 7) is 0.304. The van der Waals surface area contributed by atoms with Crippen molar-refractivity contribution in [2.24, 2.45) is 5.41 Å². The van der Waals surface area contributed by atoms with Crippen LogP contribution in [0.15, 0.2) is 0 Å². The van der Waals surface area contributed by atoms with E-state index < -0.39 is 17.4 Å². The molecule has 2 saturated heterocycles. The average molecular weight is 197 g/mol. The molecule has 1 atom stereocenters. The Labute approximate surface area is 80.8 Å². The number of cyclic esters (lactones) is 2. The first-order chi connectivity index (χ1) is 6.62. The fourth-order valence-electron chi connectivity index (χ4n) is 1.89. The van der Waals surface area contributed by atoms with E-state index in [4.69, 9.17) is 0 Å². The van der Waals surface area contributed by atoms with Crippen LogP contribution >= 0.6 is 0 Å². The number of piperidine rings is 1. The van der Waals surface area contributed by atoms with Crippen LogP contribution in [-0.4, -0.2) is 24.4 Å². The first-order valence-electron chi connectivity index (χ1n) is 4.64. The number of amides is 1. The van der Waals surface area contributed by atoms with Crippen LogP contribution < -0.4 is 5.32 Å². The third kappa shape index (κ3) is 1.38. The lowest BCUT2D eigenvalue weighted by molar-refractivity contribution is -0.175. The van der Waals surface area contributed by atoms with Crippen molar-refractivity contribution < 1.29 is 19.1 Å². The number of nitrogens with one attached hydrogen (secondary N) is 1. The molecule has 0 aromatic carbocycles. The molecule has 2 heterocycles. The molecule has 2 fully saturated rings. The Morgan fingerprint density at radius 1 is 1.14 bits per heavy atom. The van der Waals surface area contributed by atoms with E-state index >= 15 is 0 Å². The van der Waals surface area contributed by atoms with Crippen molar-refractivity contribution in [1.29, 1.82) is 0 Å². The molecule has 0 aromatic heterocycles. The van der Waals surface area contributed by atoms with Crippen molar-refractivity contribution >= 4 is 17.8 Å². The van der Waals surface area contributed by atoms with Gasteiger partial charge in [0.05, 0.1) is 5.41 Å². The third-order valence-corrected chi connectivity index (χ3v) is 2.90. The molecule has 1 amide bonds. The topological polar surface area (TPSA) is 72.5 Å². The van der Waals surface area contributed by atoms with Gasteiger partial charge in [-0.05, 0) is 12.8 Å². The summed E-state index contributed by atoms with van der Waals surface area (Å²) in [5.74, 6) is -0.980. The molecule has 0 aromatic rings. The monoisotopic (exact) mass is 197 g/mol. The highest BCUT2D eigenvalue weighted by Crippen LogP contribution is 2.36. The summed E-state index contributed by atoms with van der Waals surface area (Å²) in [6, 6.07) is 0. The highest BCUT2D eigenvalue weighted by atomic mass is 16.6. The fourth-order valence-corrected chi connectivity index (χ4v) is 1.89. The van der Waals surface area contributed by atoms with Crippen LogP contribution in [0.3, 0.4) is 0 Å². The lowest BCUT2D eigenvalue weighted by Gasteiger charge is -2.36. The van der Waals surface area contributed by atoms with Gasteiger partial charge < -0.3 is 10.1 Å². The largest absolute Gasteiger partial charge is 0.393 e. The molecular weight excluding hydrogens is 186 g/mol. The van der Waals surface area contributed by atoms with Crippen LogP contribution in [0.4, 0.5) is 0 Å². The number of ether oxygens (including phenoxy) is 1. The van der Waals surface area contributed by atoms with Gasteiger partial charge in [-0.3, -0.25) is 14.4 Å². The Kier molecular flexibility index (Phi) is 2.02. The van der Waals surface area contributed by atoms with Gasteiger partial charge in [-0.1, -0.05) is 0 Å². The minimum Gasteiger partial charge on any atom is -0.393 e. The standard InChI is InChI=1S/C9H11NO4/c11-6-1-3-9(5-10-6)4-2-7(12)14-8(9)13/h1-5H2,(H,10,11). The zero-order valence-corrected chi connectivity index (χ0v) is 7.67. The zero-order valence-electron chi connectivity index (χ0n) is 7.67. The first kappa shape index (κ1) is 9.18. The molecular formula is C9H11NO4. The number of hydrogen-bond acceptors (Lipinski definition) is 4. The van der Waals surface area contributed by atoms with Gasteiger partial charge in [0.15, 0.2) is 0 Å². The lowest BCUT2D eigenvalue weighted by atomic mass is 9.75. The van der Waals surface area contributed by atoms with Gasteiger partial charge in [-0.25, -0.2) is 0 Å². The van der Waals surface area contributed by atoms with Crippen molar-refractivity contribution in [3.63, 3.8) is 0 Å². The molecule has 0 saturated carbocycles. The summed E-state index contributed by atoms with van der Waals surface area (Å²) in [7, 11) is 0. The van der Waals surface area contributed by atoms with Gasteiger partial charge in [0.2, 0.25) is 5.91 Å². The maximum absolute atomic E-state index is 11.5. The van der Waals surface area contributed by atoms with Crippen LogP contribution in [0.25, 0.3) is 0 Å². The van der Waals surface area contributed by atoms with E-state index in [1.54, 1.807) is 0 Å². The molecule has 0 radical (unpaired) electrons. The molecule has 76 valence electrons. The molecule has 1 unspecified atom stereocenters. The SMILES string of the molecule is O=C1CCC2(CCC(=O)OC2=O)CN1. The Balaban J connectivity index is 2.12. The average Bonchev–Trinajstić information content (AvgIpc) is 2.16. The second-order valence-electron chi connectivity index (χ2n) is 3.82. The number of hydrogen-bond donors (Lipinski definition) is 1. The summed E-state index contributed by atoms with van der Waals surface area (Å²) in [4.78, 5) is 33.3. The Bertz CT molecular complexity index is 292. The lowest BCUT2D eigenvalue weighted by Crippen LogP contribution is -2.51. The van der Waals surface area contributed by atoms with E-state index in [0.717, 1.165) is 0 Å². The third-order valence-electron chi connectivity index (χ3n) is 2.90. The molecule has 14 heavy (non-hydrogen) atoms. The Hall–Kier alpha value is -1.39. The van der Waals surface area contributed by atoms with E-state index in [1.807, 2.05) is 0 Å². The maximum atomic E-state index is 11.5. The summed E-state index contributed by atoms with van der Waals surface area (Å²) in [6.07, 6.45) is 1.58. The normalized spacial score (nSPS) is 32.7. The van der Waals surface area contributed by atoms with Crippen LogP contribution in [-0.2, 0) is 19.1 Å². The molecule has 2 rings (SSSR count). The van der Waals surface area contributed by atoms with Crippen LogP contribution in [0.1, 0.15) is 25.7 Å². The molecule has 5 nitrogen and oxygen atoms in total. The van der Waals surface area contributed by atoms with Gasteiger partial charge in [0.25, 0.3) is 0 Å². The smallest absolute Gasteiger partial charge is 0.321 e. The van der Waals surface area contributed by atoms with E-state index in [9.17, 15) is 14.4 Å². The molecule has 0 bridgehead atoms.